The fraction of sp³-hybridized carbons (Fsp3) is 0.652. The van der Waals surface area contributed by atoms with E-state index in [4.69, 9.17) is 10.7 Å². The normalized spacial score (nSPS) is 19.6. The number of amides is 1. The number of carbonyl (C=O) groups excluding carboxylic acids is 1. The van der Waals surface area contributed by atoms with Gasteiger partial charge in [-0.05, 0) is 63.4 Å². The molecule has 1 aromatic carbocycles. The molecular weight excluding hydrogens is 489 g/mol. The molecule has 7 heteroatoms. The van der Waals surface area contributed by atoms with E-state index in [-0.39, 0.29) is 29.5 Å². The van der Waals surface area contributed by atoms with Gasteiger partial charge in [0.25, 0.3) is 0 Å². The van der Waals surface area contributed by atoms with Crippen LogP contribution in [0, 0.1) is 0 Å². The van der Waals surface area contributed by atoms with Gasteiger partial charge in [0, 0.05) is 24.2 Å². The Balaban J connectivity index is 0.00000320. The van der Waals surface area contributed by atoms with E-state index in [1.165, 1.54) is 64.5 Å². The van der Waals surface area contributed by atoms with Crippen LogP contribution in [0.4, 0.5) is 0 Å². The largest absolute Gasteiger partial charge is 0.366 e. The maximum absolute atomic E-state index is 11.2. The molecule has 3 rings (SSSR count). The van der Waals surface area contributed by atoms with Crippen molar-refractivity contribution in [3.63, 3.8) is 0 Å². The van der Waals surface area contributed by atoms with Gasteiger partial charge in [-0.1, -0.05) is 37.8 Å². The highest BCUT2D eigenvalue weighted by Gasteiger charge is 2.38. The Morgan fingerprint density at radius 3 is 2.27 bits per heavy atom. The quantitative estimate of drug-likeness (QED) is 0.287. The molecule has 0 bridgehead atoms. The summed E-state index contributed by atoms with van der Waals surface area (Å²) in [5.74, 6) is 0.471. The van der Waals surface area contributed by atoms with Crippen molar-refractivity contribution < 1.29 is 4.79 Å². The third kappa shape index (κ3) is 6.83. The third-order valence-corrected chi connectivity index (χ3v) is 6.40. The fourth-order valence-electron chi connectivity index (χ4n) is 4.72. The average molecular weight is 527 g/mol. The molecule has 0 aromatic heterocycles. The van der Waals surface area contributed by atoms with E-state index < -0.39 is 5.91 Å². The number of aliphatic imine (C=N–C) groups is 1. The number of piperidine rings is 1. The average Bonchev–Trinajstić information content (AvgIpc) is 2.77. The second-order valence-electron chi connectivity index (χ2n) is 8.44. The first-order chi connectivity index (χ1) is 14.1. The molecule has 1 amide bonds. The van der Waals surface area contributed by atoms with Crippen molar-refractivity contribution in [2.24, 2.45) is 10.7 Å². The molecule has 6 nitrogen and oxygen atoms in total. The lowest BCUT2D eigenvalue weighted by atomic mass is 9.79. The van der Waals surface area contributed by atoms with Crippen molar-refractivity contribution in [2.45, 2.75) is 70.4 Å². The molecule has 1 heterocycles. The van der Waals surface area contributed by atoms with Crippen LogP contribution in [-0.2, 0) is 6.54 Å². The molecule has 1 aromatic rings. The molecule has 168 valence electrons. The number of hydrogen-bond donors (Lipinski definition) is 3. The minimum atomic E-state index is -0.398. The van der Waals surface area contributed by atoms with E-state index in [2.05, 4.69) is 22.5 Å². The number of halogens is 1. The molecule has 0 spiro atoms. The predicted molar refractivity (Wildman–Crippen MR) is 134 cm³/mol. The molecular formula is C23H38IN5O. The number of hydrogen-bond acceptors (Lipinski definition) is 3. The molecule has 0 unspecified atom stereocenters. The van der Waals surface area contributed by atoms with Crippen LogP contribution in [0.2, 0.25) is 0 Å². The Kier molecular flexibility index (Phi) is 10.4. The van der Waals surface area contributed by atoms with Crippen LogP contribution in [0.15, 0.2) is 29.3 Å². The van der Waals surface area contributed by atoms with Crippen molar-refractivity contribution in [1.82, 2.24) is 15.5 Å². The van der Waals surface area contributed by atoms with Gasteiger partial charge in [-0.25, -0.2) is 4.99 Å². The fourth-order valence-corrected chi connectivity index (χ4v) is 4.72. The van der Waals surface area contributed by atoms with Crippen LogP contribution < -0.4 is 16.4 Å². The topological polar surface area (TPSA) is 82.7 Å². The number of carbonyl (C=O) groups is 1. The number of primary amides is 1. The van der Waals surface area contributed by atoms with Crippen LogP contribution in [0.25, 0.3) is 0 Å². The molecule has 1 saturated heterocycles. The monoisotopic (exact) mass is 527 g/mol. The lowest BCUT2D eigenvalue weighted by Crippen LogP contribution is -2.59. The Labute approximate surface area is 198 Å². The zero-order valence-electron chi connectivity index (χ0n) is 18.3. The number of nitrogens with two attached hydrogens (primary N) is 1. The van der Waals surface area contributed by atoms with Crippen LogP contribution in [0.1, 0.15) is 74.2 Å². The smallest absolute Gasteiger partial charge is 0.248 e. The van der Waals surface area contributed by atoms with E-state index in [1.807, 2.05) is 12.1 Å². The Morgan fingerprint density at radius 1 is 1.03 bits per heavy atom. The zero-order chi connectivity index (χ0) is 20.5. The maximum Gasteiger partial charge on any atom is 0.248 e. The van der Waals surface area contributed by atoms with Crippen LogP contribution >= 0.6 is 24.0 Å². The van der Waals surface area contributed by atoms with Gasteiger partial charge >= 0.3 is 0 Å². The summed E-state index contributed by atoms with van der Waals surface area (Å²) in [6.45, 7) is 6.94. The standard InChI is InChI=1S/C23H37N5O.HI/c1-2-25-22(26-17-19-9-11-20(12-10-19)21(24)29)27-18-23(13-5-3-6-14-23)28-15-7-4-8-16-28;/h9-12H,2-8,13-18H2,1H3,(H2,24,29)(H2,25,26,27);1H. The Bertz CT molecular complexity index is 679. The Hall–Kier alpha value is -1.35. The van der Waals surface area contributed by atoms with E-state index in [0.717, 1.165) is 24.6 Å². The lowest BCUT2D eigenvalue weighted by Gasteiger charge is -2.48. The van der Waals surface area contributed by atoms with Gasteiger partial charge in [0.2, 0.25) is 5.91 Å². The van der Waals surface area contributed by atoms with Gasteiger partial charge in [-0.2, -0.15) is 0 Å². The van der Waals surface area contributed by atoms with Crippen LogP contribution in [-0.4, -0.2) is 48.5 Å². The second-order valence-corrected chi connectivity index (χ2v) is 8.44. The SMILES string of the molecule is CCNC(=NCc1ccc(C(N)=O)cc1)NCC1(N2CCCCC2)CCCCC1.I. The molecule has 4 N–H and O–H groups in total. The van der Waals surface area contributed by atoms with Crippen molar-refractivity contribution in [1.29, 1.82) is 0 Å². The first-order valence-electron chi connectivity index (χ1n) is 11.3. The van der Waals surface area contributed by atoms with Gasteiger partial charge in [-0.3, -0.25) is 9.69 Å². The predicted octanol–water partition coefficient (Wildman–Crippen LogP) is 3.65. The first kappa shape index (κ1) is 24.9. The van der Waals surface area contributed by atoms with E-state index >= 15 is 0 Å². The van der Waals surface area contributed by atoms with E-state index in [0.29, 0.717) is 12.1 Å². The van der Waals surface area contributed by atoms with Gasteiger partial charge in [0.05, 0.1) is 6.54 Å². The summed E-state index contributed by atoms with van der Waals surface area (Å²) in [5, 5.41) is 7.04. The Morgan fingerprint density at radius 2 is 1.67 bits per heavy atom. The molecule has 2 fully saturated rings. The number of nitrogens with one attached hydrogen (secondary N) is 2. The highest BCUT2D eigenvalue weighted by Crippen LogP contribution is 2.35. The zero-order valence-corrected chi connectivity index (χ0v) is 20.6. The summed E-state index contributed by atoms with van der Waals surface area (Å²) >= 11 is 0. The van der Waals surface area contributed by atoms with E-state index in [9.17, 15) is 4.79 Å². The summed E-state index contributed by atoms with van der Waals surface area (Å²) in [6, 6.07) is 7.37. The second kappa shape index (κ2) is 12.5. The van der Waals surface area contributed by atoms with Gasteiger partial charge in [0.15, 0.2) is 5.96 Å². The summed E-state index contributed by atoms with van der Waals surface area (Å²) in [7, 11) is 0. The third-order valence-electron chi connectivity index (χ3n) is 6.40. The summed E-state index contributed by atoms with van der Waals surface area (Å²) in [4.78, 5) is 18.8. The molecule has 30 heavy (non-hydrogen) atoms. The molecule has 1 aliphatic heterocycles. The van der Waals surface area contributed by atoms with Crippen molar-refractivity contribution >= 4 is 35.8 Å². The molecule has 1 aliphatic carbocycles. The molecule has 2 aliphatic rings. The maximum atomic E-state index is 11.2. The highest BCUT2D eigenvalue weighted by atomic mass is 127. The minimum Gasteiger partial charge on any atom is -0.366 e. The number of guanidine groups is 1. The molecule has 0 radical (unpaired) electrons. The summed E-state index contributed by atoms with van der Waals surface area (Å²) in [6.07, 6.45) is 10.6. The summed E-state index contributed by atoms with van der Waals surface area (Å²) in [5.41, 5.74) is 7.19. The lowest BCUT2D eigenvalue weighted by molar-refractivity contribution is 0.0368. The highest BCUT2D eigenvalue weighted by molar-refractivity contribution is 14.0. The van der Waals surface area contributed by atoms with E-state index in [1.54, 1.807) is 12.1 Å². The van der Waals surface area contributed by atoms with Gasteiger partial charge in [-0.15, -0.1) is 24.0 Å². The first-order valence-corrected chi connectivity index (χ1v) is 11.3. The van der Waals surface area contributed by atoms with Crippen molar-refractivity contribution in [3.8, 4) is 0 Å². The summed E-state index contributed by atoms with van der Waals surface area (Å²) < 4.78 is 0. The number of benzene rings is 1. The van der Waals surface area contributed by atoms with Gasteiger partial charge < -0.3 is 16.4 Å². The number of likely N-dealkylation sites (tertiary alicyclic amines) is 1. The van der Waals surface area contributed by atoms with Crippen LogP contribution in [0.3, 0.4) is 0 Å². The molecule has 0 atom stereocenters. The minimum absolute atomic E-state index is 0. The molecule has 1 saturated carbocycles. The van der Waals surface area contributed by atoms with Crippen molar-refractivity contribution in [2.75, 3.05) is 26.2 Å². The van der Waals surface area contributed by atoms with Gasteiger partial charge in [0.1, 0.15) is 0 Å². The number of nitrogens with zero attached hydrogens (tertiary/aromatic N) is 2. The van der Waals surface area contributed by atoms with Crippen molar-refractivity contribution in [3.05, 3.63) is 35.4 Å². The number of rotatable bonds is 7. The van der Waals surface area contributed by atoms with Crippen LogP contribution in [0.5, 0.6) is 0 Å².